The molecule has 1 aliphatic heterocycles. The molecule has 0 radical (unpaired) electrons. The number of hydrogen-bond donors (Lipinski definition) is 2. The van der Waals surface area contributed by atoms with Crippen molar-refractivity contribution in [3.63, 3.8) is 0 Å². The molecule has 0 bridgehead atoms. The van der Waals surface area contributed by atoms with Crippen LogP contribution < -0.4 is 10.6 Å². The van der Waals surface area contributed by atoms with E-state index in [1.807, 2.05) is 31.2 Å². The number of hydrogen-bond acceptors (Lipinski definition) is 4. The van der Waals surface area contributed by atoms with E-state index in [0.717, 1.165) is 24.2 Å². The van der Waals surface area contributed by atoms with Gasteiger partial charge in [0, 0.05) is 18.8 Å². The van der Waals surface area contributed by atoms with Crippen molar-refractivity contribution in [1.82, 2.24) is 5.32 Å². The zero-order chi connectivity index (χ0) is 15.1. The monoisotopic (exact) mass is 292 g/mol. The van der Waals surface area contributed by atoms with Crippen LogP contribution >= 0.6 is 0 Å². The lowest BCUT2D eigenvalue weighted by atomic mass is 10.0. The largest absolute Gasteiger partial charge is 0.384 e. The lowest BCUT2D eigenvalue weighted by Crippen LogP contribution is -2.41. The number of nitrogens with one attached hydrogen (secondary N) is 2. The van der Waals surface area contributed by atoms with E-state index in [4.69, 9.17) is 9.47 Å². The Hall–Kier alpha value is -1.43. The zero-order valence-corrected chi connectivity index (χ0v) is 12.7. The van der Waals surface area contributed by atoms with E-state index in [-0.39, 0.29) is 17.9 Å². The summed E-state index contributed by atoms with van der Waals surface area (Å²) in [6.45, 7) is 4.58. The Morgan fingerprint density at radius 2 is 2.19 bits per heavy atom. The number of anilines is 1. The van der Waals surface area contributed by atoms with E-state index < -0.39 is 0 Å². The van der Waals surface area contributed by atoms with Crippen LogP contribution in [0.2, 0.25) is 0 Å². The summed E-state index contributed by atoms with van der Waals surface area (Å²) in [6, 6.07) is 7.95. The molecule has 1 aromatic carbocycles. The first-order chi connectivity index (χ1) is 10.3. The molecule has 2 rings (SSSR count). The van der Waals surface area contributed by atoms with Crippen LogP contribution in [0.3, 0.4) is 0 Å². The van der Waals surface area contributed by atoms with Crippen molar-refractivity contribution in [1.29, 1.82) is 0 Å². The van der Waals surface area contributed by atoms with Gasteiger partial charge in [-0.3, -0.25) is 4.79 Å². The molecule has 1 heterocycles. The van der Waals surface area contributed by atoms with Gasteiger partial charge >= 0.3 is 0 Å². The van der Waals surface area contributed by atoms with E-state index in [2.05, 4.69) is 10.6 Å². The number of benzene rings is 1. The maximum Gasteiger partial charge on any atom is 0.231 e. The highest BCUT2D eigenvalue weighted by atomic mass is 16.5. The molecule has 2 atom stereocenters. The minimum atomic E-state index is -0.138. The molecule has 2 unspecified atom stereocenters. The normalized spacial score (nSPS) is 21.4. The van der Waals surface area contributed by atoms with Gasteiger partial charge in [0.2, 0.25) is 5.91 Å². The molecule has 1 aromatic rings. The number of likely N-dealkylation sites (N-methyl/N-ethyl adjacent to an activating group) is 1. The van der Waals surface area contributed by atoms with Gasteiger partial charge in [-0.2, -0.15) is 0 Å². The SMILES string of the molecule is CCNC1COCC1C(=O)Nc1ccccc1CCOC. The third kappa shape index (κ3) is 4.27. The second-order valence-corrected chi connectivity index (χ2v) is 5.20. The van der Waals surface area contributed by atoms with E-state index in [9.17, 15) is 4.79 Å². The Morgan fingerprint density at radius 1 is 1.38 bits per heavy atom. The summed E-state index contributed by atoms with van der Waals surface area (Å²) >= 11 is 0. The standard InChI is InChI=1S/C16H24N2O3/c1-3-17-15-11-21-10-13(15)16(19)18-14-7-5-4-6-12(14)8-9-20-2/h4-7,13,15,17H,3,8-11H2,1-2H3,(H,18,19). The van der Waals surface area contributed by atoms with E-state index >= 15 is 0 Å². The molecule has 0 spiro atoms. The number of para-hydroxylation sites is 1. The molecule has 1 aliphatic rings. The number of methoxy groups -OCH3 is 1. The van der Waals surface area contributed by atoms with Gasteiger partial charge in [-0.05, 0) is 24.6 Å². The summed E-state index contributed by atoms with van der Waals surface area (Å²) < 4.78 is 10.5. The molecule has 0 aliphatic carbocycles. The maximum absolute atomic E-state index is 12.5. The molecule has 116 valence electrons. The van der Waals surface area contributed by atoms with Crippen molar-refractivity contribution in [3.05, 3.63) is 29.8 Å². The first-order valence-corrected chi connectivity index (χ1v) is 7.45. The quantitative estimate of drug-likeness (QED) is 0.798. The predicted octanol–water partition coefficient (Wildman–Crippen LogP) is 1.44. The first-order valence-electron chi connectivity index (χ1n) is 7.45. The fraction of sp³-hybridized carbons (Fsp3) is 0.562. The molecule has 1 saturated heterocycles. The van der Waals surface area contributed by atoms with E-state index in [1.165, 1.54) is 0 Å². The molecule has 5 heteroatoms. The highest BCUT2D eigenvalue weighted by Crippen LogP contribution is 2.20. The first kappa shape index (κ1) is 15.9. The van der Waals surface area contributed by atoms with Crippen LogP contribution in [0.5, 0.6) is 0 Å². The average molecular weight is 292 g/mol. The van der Waals surface area contributed by atoms with Gasteiger partial charge < -0.3 is 20.1 Å². The van der Waals surface area contributed by atoms with Gasteiger partial charge in [0.25, 0.3) is 0 Å². The molecule has 21 heavy (non-hydrogen) atoms. The third-order valence-electron chi connectivity index (χ3n) is 3.73. The summed E-state index contributed by atoms with van der Waals surface area (Å²) in [7, 11) is 1.68. The van der Waals surface area contributed by atoms with Gasteiger partial charge in [0.15, 0.2) is 0 Å². The van der Waals surface area contributed by atoms with Crippen molar-refractivity contribution in [3.8, 4) is 0 Å². The Labute approximate surface area is 126 Å². The van der Waals surface area contributed by atoms with Crippen molar-refractivity contribution in [2.45, 2.75) is 19.4 Å². The number of carbonyl (C=O) groups excluding carboxylic acids is 1. The maximum atomic E-state index is 12.5. The minimum absolute atomic E-state index is 0.0170. The van der Waals surface area contributed by atoms with Crippen LogP contribution in [0, 0.1) is 5.92 Å². The van der Waals surface area contributed by atoms with Crippen LogP contribution in [-0.2, 0) is 20.7 Å². The third-order valence-corrected chi connectivity index (χ3v) is 3.73. The summed E-state index contributed by atoms with van der Waals surface area (Å²) in [6.07, 6.45) is 0.782. The van der Waals surface area contributed by atoms with Crippen LogP contribution in [-0.4, -0.2) is 45.4 Å². The highest BCUT2D eigenvalue weighted by molar-refractivity contribution is 5.94. The summed E-state index contributed by atoms with van der Waals surface area (Å²) in [5, 5.41) is 6.34. The molecular weight excluding hydrogens is 268 g/mol. The number of rotatable bonds is 7. The topological polar surface area (TPSA) is 59.6 Å². The Kier molecular flexibility index (Phi) is 6.17. The minimum Gasteiger partial charge on any atom is -0.384 e. The fourth-order valence-corrected chi connectivity index (χ4v) is 2.57. The molecule has 0 aromatic heterocycles. The van der Waals surface area contributed by atoms with Crippen LogP contribution in [0.15, 0.2) is 24.3 Å². The number of amides is 1. The molecule has 2 N–H and O–H groups in total. The van der Waals surface area contributed by atoms with Crippen molar-refractivity contribution < 1.29 is 14.3 Å². The molecular formula is C16H24N2O3. The number of carbonyl (C=O) groups is 1. The zero-order valence-electron chi connectivity index (χ0n) is 12.7. The molecule has 0 saturated carbocycles. The fourth-order valence-electron chi connectivity index (χ4n) is 2.57. The second kappa shape index (κ2) is 8.12. The van der Waals surface area contributed by atoms with E-state index in [0.29, 0.717) is 19.8 Å². The van der Waals surface area contributed by atoms with Gasteiger partial charge in [-0.25, -0.2) is 0 Å². The lowest BCUT2D eigenvalue weighted by molar-refractivity contribution is -0.120. The number of ether oxygens (including phenoxy) is 2. The van der Waals surface area contributed by atoms with Crippen LogP contribution in [0.25, 0.3) is 0 Å². The predicted molar refractivity (Wildman–Crippen MR) is 82.4 cm³/mol. The van der Waals surface area contributed by atoms with Gasteiger partial charge in [-0.15, -0.1) is 0 Å². The van der Waals surface area contributed by atoms with Gasteiger partial charge in [-0.1, -0.05) is 25.1 Å². The molecule has 1 fully saturated rings. The smallest absolute Gasteiger partial charge is 0.231 e. The van der Waals surface area contributed by atoms with Gasteiger partial charge in [0.05, 0.1) is 25.7 Å². The van der Waals surface area contributed by atoms with Crippen LogP contribution in [0.4, 0.5) is 5.69 Å². The summed E-state index contributed by atoms with van der Waals surface area (Å²) in [5.41, 5.74) is 1.95. The Balaban J connectivity index is 2.02. The average Bonchev–Trinajstić information content (AvgIpc) is 2.95. The molecule has 1 amide bonds. The van der Waals surface area contributed by atoms with E-state index in [1.54, 1.807) is 7.11 Å². The lowest BCUT2D eigenvalue weighted by Gasteiger charge is -2.19. The van der Waals surface area contributed by atoms with Crippen LogP contribution in [0.1, 0.15) is 12.5 Å². The highest BCUT2D eigenvalue weighted by Gasteiger charge is 2.33. The van der Waals surface area contributed by atoms with Gasteiger partial charge in [0.1, 0.15) is 0 Å². The van der Waals surface area contributed by atoms with Crippen molar-refractivity contribution in [2.75, 3.05) is 38.8 Å². The summed E-state index contributed by atoms with van der Waals surface area (Å²) in [5.74, 6) is -0.122. The second-order valence-electron chi connectivity index (χ2n) is 5.20. The Morgan fingerprint density at radius 3 is 2.95 bits per heavy atom. The van der Waals surface area contributed by atoms with Crippen molar-refractivity contribution >= 4 is 11.6 Å². The van der Waals surface area contributed by atoms with Crippen molar-refractivity contribution in [2.24, 2.45) is 5.92 Å². The summed E-state index contributed by atoms with van der Waals surface area (Å²) in [4.78, 5) is 12.5. The Bertz CT molecular complexity index is 465. The molecule has 5 nitrogen and oxygen atoms in total.